The molecule has 1 aromatic carbocycles. The minimum absolute atomic E-state index is 0.0326. The summed E-state index contributed by atoms with van der Waals surface area (Å²) in [6, 6.07) is 7.52. The molecule has 1 aromatic rings. The van der Waals surface area contributed by atoms with Gasteiger partial charge in [-0.1, -0.05) is 6.92 Å². The quantitative estimate of drug-likeness (QED) is 0.819. The number of rotatable bonds is 5. The van der Waals surface area contributed by atoms with Crippen molar-refractivity contribution < 1.29 is 9.59 Å². The van der Waals surface area contributed by atoms with Gasteiger partial charge in [0.25, 0.3) is 0 Å². The van der Waals surface area contributed by atoms with Crippen LogP contribution in [0.4, 0.5) is 5.69 Å². The largest absolute Gasteiger partial charge is 0.376 e. The van der Waals surface area contributed by atoms with Crippen LogP contribution in [0.3, 0.4) is 0 Å². The standard InChI is InChI=1S/C17H24N2O2/c1-12-3-7-16(8-4-12)19-17(21)11-18-15-9-5-14(6-10-15)13(2)20/h5-6,9-10,12,16,18H,3-4,7-8,11H2,1-2H3,(H,19,21). The van der Waals surface area contributed by atoms with Gasteiger partial charge in [0.1, 0.15) is 0 Å². The molecule has 4 nitrogen and oxygen atoms in total. The van der Waals surface area contributed by atoms with Crippen LogP contribution < -0.4 is 10.6 Å². The van der Waals surface area contributed by atoms with E-state index in [9.17, 15) is 9.59 Å². The zero-order chi connectivity index (χ0) is 15.2. The number of carbonyl (C=O) groups is 2. The van der Waals surface area contributed by atoms with Crippen molar-refractivity contribution in [3.63, 3.8) is 0 Å². The molecule has 1 aliphatic rings. The van der Waals surface area contributed by atoms with Gasteiger partial charge in [0.15, 0.2) is 5.78 Å². The van der Waals surface area contributed by atoms with Gasteiger partial charge in [-0.2, -0.15) is 0 Å². The smallest absolute Gasteiger partial charge is 0.239 e. The molecule has 0 atom stereocenters. The van der Waals surface area contributed by atoms with E-state index in [1.807, 2.05) is 12.1 Å². The van der Waals surface area contributed by atoms with Crippen LogP contribution in [0.1, 0.15) is 49.9 Å². The number of benzene rings is 1. The highest BCUT2D eigenvalue weighted by atomic mass is 16.2. The molecular weight excluding hydrogens is 264 g/mol. The summed E-state index contributed by atoms with van der Waals surface area (Å²) < 4.78 is 0. The Morgan fingerprint density at radius 3 is 2.29 bits per heavy atom. The fourth-order valence-corrected chi connectivity index (χ4v) is 2.69. The lowest BCUT2D eigenvalue weighted by Gasteiger charge is -2.27. The molecule has 1 aliphatic carbocycles. The van der Waals surface area contributed by atoms with Gasteiger partial charge in [-0.05, 0) is 62.8 Å². The van der Waals surface area contributed by atoms with Crippen LogP contribution in [0.5, 0.6) is 0 Å². The van der Waals surface area contributed by atoms with Crippen molar-refractivity contribution in [1.82, 2.24) is 5.32 Å². The first kappa shape index (κ1) is 15.5. The fraction of sp³-hybridized carbons (Fsp3) is 0.529. The Bertz CT molecular complexity index is 488. The van der Waals surface area contributed by atoms with Crippen molar-refractivity contribution in [3.05, 3.63) is 29.8 Å². The third kappa shape index (κ3) is 4.88. The van der Waals surface area contributed by atoms with E-state index in [1.54, 1.807) is 19.1 Å². The van der Waals surface area contributed by atoms with E-state index in [0.29, 0.717) is 11.6 Å². The van der Waals surface area contributed by atoms with Crippen LogP contribution >= 0.6 is 0 Å². The Kier molecular flexibility index (Phi) is 5.37. The van der Waals surface area contributed by atoms with Crippen molar-refractivity contribution >= 4 is 17.4 Å². The number of ketones is 1. The predicted molar refractivity (Wildman–Crippen MR) is 84.5 cm³/mol. The summed E-state index contributed by atoms with van der Waals surface area (Å²) in [6.07, 6.45) is 4.57. The summed E-state index contributed by atoms with van der Waals surface area (Å²) in [5, 5.41) is 6.17. The second kappa shape index (κ2) is 7.25. The van der Waals surface area contributed by atoms with Gasteiger partial charge >= 0.3 is 0 Å². The summed E-state index contributed by atoms with van der Waals surface area (Å²) in [5.74, 6) is 0.868. The van der Waals surface area contributed by atoms with Gasteiger partial charge in [0.2, 0.25) is 5.91 Å². The Balaban J connectivity index is 1.74. The summed E-state index contributed by atoms with van der Waals surface area (Å²) in [7, 11) is 0. The van der Waals surface area contributed by atoms with Gasteiger partial charge in [-0.15, -0.1) is 0 Å². The van der Waals surface area contributed by atoms with E-state index in [-0.39, 0.29) is 18.2 Å². The molecule has 0 unspecified atom stereocenters. The van der Waals surface area contributed by atoms with Gasteiger partial charge in [0, 0.05) is 17.3 Å². The molecule has 1 fully saturated rings. The first-order valence-electron chi connectivity index (χ1n) is 7.69. The van der Waals surface area contributed by atoms with Gasteiger partial charge in [0.05, 0.1) is 6.54 Å². The molecule has 0 saturated heterocycles. The molecule has 0 aliphatic heterocycles. The van der Waals surface area contributed by atoms with Crippen LogP contribution in [0.2, 0.25) is 0 Å². The number of hydrogen-bond acceptors (Lipinski definition) is 3. The maximum Gasteiger partial charge on any atom is 0.239 e. The zero-order valence-electron chi connectivity index (χ0n) is 12.8. The summed E-state index contributed by atoms with van der Waals surface area (Å²) >= 11 is 0. The van der Waals surface area contributed by atoms with Crippen LogP contribution in [-0.2, 0) is 4.79 Å². The van der Waals surface area contributed by atoms with Crippen LogP contribution in [0, 0.1) is 5.92 Å². The lowest BCUT2D eigenvalue weighted by Crippen LogP contribution is -2.40. The van der Waals surface area contributed by atoms with E-state index in [0.717, 1.165) is 24.4 Å². The maximum atomic E-state index is 11.9. The summed E-state index contributed by atoms with van der Waals surface area (Å²) in [6.45, 7) is 4.08. The molecular formula is C17H24N2O2. The molecule has 2 N–H and O–H groups in total. The Hall–Kier alpha value is -1.84. The lowest BCUT2D eigenvalue weighted by molar-refractivity contribution is -0.120. The van der Waals surface area contributed by atoms with E-state index in [2.05, 4.69) is 17.6 Å². The van der Waals surface area contributed by atoms with Gasteiger partial charge < -0.3 is 10.6 Å². The molecule has 0 aromatic heterocycles. The van der Waals surface area contributed by atoms with E-state index in [4.69, 9.17) is 0 Å². The molecule has 0 radical (unpaired) electrons. The molecule has 1 saturated carbocycles. The normalized spacial score (nSPS) is 21.6. The average molecular weight is 288 g/mol. The number of nitrogens with one attached hydrogen (secondary N) is 2. The Labute approximate surface area is 126 Å². The van der Waals surface area contributed by atoms with E-state index < -0.39 is 0 Å². The Morgan fingerprint density at radius 1 is 1.10 bits per heavy atom. The van der Waals surface area contributed by atoms with Crippen LogP contribution in [-0.4, -0.2) is 24.3 Å². The number of amides is 1. The molecule has 0 spiro atoms. The SMILES string of the molecule is CC(=O)c1ccc(NCC(=O)NC2CCC(C)CC2)cc1. The van der Waals surface area contributed by atoms with Crippen molar-refractivity contribution in [3.8, 4) is 0 Å². The first-order chi connectivity index (χ1) is 10.0. The summed E-state index contributed by atoms with van der Waals surface area (Å²) in [5.41, 5.74) is 1.54. The van der Waals surface area contributed by atoms with Crippen molar-refractivity contribution in [2.24, 2.45) is 5.92 Å². The molecule has 0 bridgehead atoms. The van der Waals surface area contributed by atoms with Crippen molar-refractivity contribution in [2.45, 2.75) is 45.6 Å². The molecule has 1 amide bonds. The fourth-order valence-electron chi connectivity index (χ4n) is 2.69. The number of hydrogen-bond donors (Lipinski definition) is 2. The third-order valence-electron chi connectivity index (χ3n) is 4.13. The Morgan fingerprint density at radius 2 is 1.71 bits per heavy atom. The average Bonchev–Trinajstić information content (AvgIpc) is 2.48. The molecule has 2 rings (SSSR count). The number of anilines is 1. The highest BCUT2D eigenvalue weighted by Gasteiger charge is 2.19. The van der Waals surface area contributed by atoms with Gasteiger partial charge in [-0.25, -0.2) is 0 Å². The molecule has 0 heterocycles. The topological polar surface area (TPSA) is 58.2 Å². The van der Waals surface area contributed by atoms with Gasteiger partial charge in [-0.3, -0.25) is 9.59 Å². The van der Waals surface area contributed by atoms with Crippen LogP contribution in [0.15, 0.2) is 24.3 Å². The second-order valence-electron chi connectivity index (χ2n) is 6.01. The number of Topliss-reactive ketones (excluding diaryl/α,β-unsaturated/α-hetero) is 1. The van der Waals surface area contributed by atoms with Crippen molar-refractivity contribution in [1.29, 1.82) is 0 Å². The monoisotopic (exact) mass is 288 g/mol. The first-order valence-corrected chi connectivity index (χ1v) is 7.69. The second-order valence-corrected chi connectivity index (χ2v) is 6.01. The predicted octanol–water partition coefficient (Wildman–Crippen LogP) is 3.00. The van der Waals surface area contributed by atoms with E-state index in [1.165, 1.54) is 12.8 Å². The maximum absolute atomic E-state index is 11.9. The number of carbonyl (C=O) groups excluding carboxylic acids is 2. The zero-order valence-corrected chi connectivity index (χ0v) is 12.8. The van der Waals surface area contributed by atoms with Crippen LogP contribution in [0.25, 0.3) is 0 Å². The summed E-state index contributed by atoms with van der Waals surface area (Å²) in [4.78, 5) is 23.1. The minimum Gasteiger partial charge on any atom is -0.376 e. The van der Waals surface area contributed by atoms with E-state index >= 15 is 0 Å². The molecule has 114 valence electrons. The molecule has 21 heavy (non-hydrogen) atoms. The van der Waals surface area contributed by atoms with Crippen molar-refractivity contribution in [2.75, 3.05) is 11.9 Å². The minimum atomic E-state index is 0.0326. The molecule has 4 heteroatoms. The lowest BCUT2D eigenvalue weighted by atomic mass is 9.87. The third-order valence-corrected chi connectivity index (χ3v) is 4.13. The highest BCUT2D eigenvalue weighted by Crippen LogP contribution is 2.23. The highest BCUT2D eigenvalue weighted by molar-refractivity contribution is 5.94.